The zero-order valence-electron chi connectivity index (χ0n) is 18.4. The molecule has 1 saturated carbocycles. The first-order valence-electron chi connectivity index (χ1n) is 11.2. The van der Waals surface area contributed by atoms with Crippen LogP contribution in [0.25, 0.3) is 0 Å². The number of piperidine rings is 1. The molecule has 4 rings (SSSR count). The molecule has 172 valence electrons. The van der Waals surface area contributed by atoms with Crippen LogP contribution in [0.2, 0.25) is 0 Å². The van der Waals surface area contributed by atoms with Crippen molar-refractivity contribution in [2.75, 3.05) is 31.7 Å². The average Bonchev–Trinajstić information content (AvgIpc) is 3.57. The quantitative estimate of drug-likeness (QED) is 0.597. The lowest BCUT2D eigenvalue weighted by Gasteiger charge is -2.36. The maximum atomic E-state index is 14.0. The summed E-state index contributed by atoms with van der Waals surface area (Å²) >= 11 is 0. The molecule has 2 aliphatic rings. The van der Waals surface area contributed by atoms with E-state index in [4.69, 9.17) is 14.6 Å². The number of halogens is 1. The van der Waals surface area contributed by atoms with Gasteiger partial charge in [-0.15, -0.1) is 0 Å². The number of benzene rings is 1. The van der Waals surface area contributed by atoms with Gasteiger partial charge in [-0.25, -0.2) is 14.4 Å². The fourth-order valence-electron chi connectivity index (χ4n) is 4.76. The van der Waals surface area contributed by atoms with Gasteiger partial charge in [0, 0.05) is 44.2 Å². The first-order chi connectivity index (χ1) is 15.5. The van der Waals surface area contributed by atoms with Crippen molar-refractivity contribution in [3.05, 3.63) is 47.5 Å². The molecule has 32 heavy (non-hydrogen) atoms. The van der Waals surface area contributed by atoms with E-state index in [1.165, 1.54) is 25.0 Å². The fourth-order valence-corrected chi connectivity index (χ4v) is 4.76. The second-order valence-corrected chi connectivity index (χ2v) is 8.87. The number of hydrogen-bond donors (Lipinski definition) is 1. The third-order valence-electron chi connectivity index (χ3n) is 6.77. The molecule has 0 spiro atoms. The summed E-state index contributed by atoms with van der Waals surface area (Å²) in [6.07, 6.45) is 8.95. The van der Waals surface area contributed by atoms with Crippen LogP contribution >= 0.6 is 0 Å². The number of carboxylic acids is 1. The number of hydrogen-bond acceptors (Lipinski definition) is 6. The van der Waals surface area contributed by atoms with E-state index in [0.29, 0.717) is 30.3 Å². The zero-order valence-corrected chi connectivity index (χ0v) is 18.4. The Hall–Kier alpha value is -2.74. The van der Waals surface area contributed by atoms with Gasteiger partial charge in [-0.1, -0.05) is 6.07 Å². The number of aromatic nitrogens is 2. The molecule has 2 aromatic rings. The number of carboxylic acid groups (broad SMARTS) is 1. The van der Waals surface area contributed by atoms with Crippen LogP contribution in [0, 0.1) is 17.2 Å². The van der Waals surface area contributed by atoms with Crippen LogP contribution in [0.15, 0.2) is 30.6 Å². The summed E-state index contributed by atoms with van der Waals surface area (Å²) in [7, 11) is 1.66. The van der Waals surface area contributed by atoms with Gasteiger partial charge in [-0.2, -0.15) is 0 Å². The lowest BCUT2D eigenvalue weighted by Crippen LogP contribution is -2.38. The molecule has 0 radical (unpaired) electrons. The molecule has 1 aliphatic carbocycles. The van der Waals surface area contributed by atoms with E-state index in [0.717, 1.165) is 43.9 Å². The summed E-state index contributed by atoms with van der Waals surface area (Å²) in [5, 5.41) is 8.82. The van der Waals surface area contributed by atoms with E-state index >= 15 is 0 Å². The highest BCUT2D eigenvalue weighted by Crippen LogP contribution is 2.57. The minimum absolute atomic E-state index is 0.174. The highest BCUT2D eigenvalue weighted by Gasteiger charge is 2.49. The smallest absolute Gasteiger partial charge is 0.307 e. The maximum Gasteiger partial charge on any atom is 0.307 e. The van der Waals surface area contributed by atoms with Crippen molar-refractivity contribution in [3.8, 4) is 5.75 Å². The first-order valence-corrected chi connectivity index (χ1v) is 11.2. The maximum absolute atomic E-state index is 14.0. The van der Waals surface area contributed by atoms with Gasteiger partial charge < -0.3 is 19.5 Å². The molecule has 0 bridgehead atoms. The molecular weight excluding hydrogens is 413 g/mol. The van der Waals surface area contributed by atoms with Gasteiger partial charge in [0.2, 0.25) is 5.95 Å². The van der Waals surface area contributed by atoms with Crippen molar-refractivity contribution in [2.45, 2.75) is 45.1 Å². The Labute approximate surface area is 187 Å². The zero-order chi connectivity index (χ0) is 22.6. The van der Waals surface area contributed by atoms with Crippen LogP contribution in [0.4, 0.5) is 10.3 Å². The van der Waals surface area contributed by atoms with Gasteiger partial charge in [-0.3, -0.25) is 4.79 Å². The number of anilines is 1. The van der Waals surface area contributed by atoms with Crippen molar-refractivity contribution in [1.82, 2.24) is 9.97 Å². The predicted octanol–water partition coefficient (Wildman–Crippen LogP) is 3.85. The lowest BCUT2D eigenvalue weighted by atomic mass is 9.79. The molecule has 1 saturated heterocycles. The number of carbonyl (C=O) groups is 1. The molecule has 0 amide bonds. The number of ether oxygens (including phenoxy) is 2. The topological polar surface area (TPSA) is 84.8 Å². The highest BCUT2D eigenvalue weighted by atomic mass is 19.1. The molecule has 7 nitrogen and oxygen atoms in total. The Morgan fingerprint density at radius 3 is 2.56 bits per heavy atom. The number of nitrogens with zero attached hydrogens (tertiary/aromatic N) is 3. The SMILES string of the molecule is COCc1cnc(N2CCC(C3(CCOc4ccc(CC(=O)O)c(F)c4)CC3)CC2)nc1. The summed E-state index contributed by atoms with van der Waals surface area (Å²) in [4.78, 5) is 22.0. The van der Waals surface area contributed by atoms with E-state index in [-0.39, 0.29) is 12.0 Å². The van der Waals surface area contributed by atoms with Crippen LogP contribution in [0.3, 0.4) is 0 Å². The minimum Gasteiger partial charge on any atom is -0.493 e. The molecule has 2 fully saturated rings. The molecule has 0 atom stereocenters. The Morgan fingerprint density at radius 2 is 1.97 bits per heavy atom. The second-order valence-electron chi connectivity index (χ2n) is 8.87. The fraction of sp³-hybridized carbons (Fsp3) is 0.542. The van der Waals surface area contributed by atoms with Crippen LogP contribution in [0.5, 0.6) is 5.75 Å². The summed E-state index contributed by atoms with van der Waals surface area (Å²) in [6.45, 7) is 2.97. The summed E-state index contributed by atoms with van der Waals surface area (Å²) in [5.74, 6) is 0.316. The van der Waals surface area contributed by atoms with Gasteiger partial charge in [0.1, 0.15) is 11.6 Å². The van der Waals surface area contributed by atoms with Crippen molar-refractivity contribution in [3.63, 3.8) is 0 Å². The van der Waals surface area contributed by atoms with E-state index in [9.17, 15) is 9.18 Å². The third kappa shape index (κ3) is 5.35. The van der Waals surface area contributed by atoms with Crippen molar-refractivity contribution in [2.24, 2.45) is 11.3 Å². The third-order valence-corrected chi connectivity index (χ3v) is 6.77. The summed E-state index contributed by atoms with van der Waals surface area (Å²) < 4.78 is 25.0. The molecule has 8 heteroatoms. The molecule has 1 aliphatic heterocycles. The van der Waals surface area contributed by atoms with E-state index in [2.05, 4.69) is 14.9 Å². The van der Waals surface area contributed by atoms with E-state index in [1.54, 1.807) is 13.2 Å². The monoisotopic (exact) mass is 443 g/mol. The van der Waals surface area contributed by atoms with Crippen molar-refractivity contribution < 1.29 is 23.8 Å². The van der Waals surface area contributed by atoms with Crippen LogP contribution in [-0.2, 0) is 22.6 Å². The van der Waals surface area contributed by atoms with E-state index < -0.39 is 11.8 Å². The highest BCUT2D eigenvalue weighted by molar-refractivity contribution is 5.70. The standard InChI is InChI=1S/C24H30FN3O4/c1-31-16-17-14-26-23(27-15-17)28-9-4-19(5-10-28)24(6-7-24)8-11-32-20-3-2-18(12-22(29)30)21(25)13-20/h2-3,13-15,19H,4-12,16H2,1H3,(H,29,30). The average molecular weight is 444 g/mol. The molecular formula is C24H30FN3O4. The van der Waals surface area contributed by atoms with Gasteiger partial charge >= 0.3 is 5.97 Å². The molecule has 1 aromatic carbocycles. The molecule has 1 N–H and O–H groups in total. The largest absolute Gasteiger partial charge is 0.493 e. The van der Waals surface area contributed by atoms with Crippen LogP contribution < -0.4 is 9.64 Å². The molecule has 1 aromatic heterocycles. The van der Waals surface area contributed by atoms with Crippen LogP contribution in [-0.4, -0.2) is 47.8 Å². The van der Waals surface area contributed by atoms with E-state index in [1.807, 2.05) is 12.4 Å². The lowest BCUT2D eigenvalue weighted by molar-refractivity contribution is -0.136. The molecule has 0 unspecified atom stereocenters. The summed E-state index contributed by atoms with van der Waals surface area (Å²) in [6, 6.07) is 4.43. The number of methoxy groups -OCH3 is 1. The first kappa shape index (κ1) is 22.5. The Kier molecular flexibility index (Phi) is 6.89. The normalized spacial score (nSPS) is 17.9. The van der Waals surface area contributed by atoms with Crippen molar-refractivity contribution in [1.29, 1.82) is 0 Å². The van der Waals surface area contributed by atoms with Crippen molar-refractivity contribution >= 4 is 11.9 Å². The minimum atomic E-state index is -1.05. The predicted molar refractivity (Wildman–Crippen MR) is 117 cm³/mol. The molecule has 2 heterocycles. The Bertz CT molecular complexity index is 925. The van der Waals surface area contributed by atoms with Gasteiger partial charge in [0.25, 0.3) is 0 Å². The van der Waals surface area contributed by atoms with Crippen LogP contribution in [0.1, 0.15) is 43.2 Å². The Morgan fingerprint density at radius 1 is 1.25 bits per heavy atom. The number of aliphatic carboxylic acids is 1. The second kappa shape index (κ2) is 9.81. The van der Waals surface area contributed by atoms with Gasteiger partial charge in [0.15, 0.2) is 0 Å². The summed E-state index contributed by atoms with van der Waals surface area (Å²) in [5.41, 5.74) is 1.48. The Balaban J connectivity index is 1.25. The van der Waals surface area contributed by atoms with Gasteiger partial charge in [-0.05, 0) is 55.1 Å². The number of rotatable bonds is 10. The van der Waals surface area contributed by atoms with Gasteiger partial charge in [0.05, 0.1) is 19.6 Å².